The molecule has 29 heavy (non-hydrogen) atoms. The van der Waals surface area contributed by atoms with Crippen LogP contribution in [0.4, 0.5) is 0 Å². The Morgan fingerprint density at radius 3 is 2.24 bits per heavy atom. The van der Waals surface area contributed by atoms with Gasteiger partial charge in [0.05, 0.1) is 18.7 Å². The number of aliphatic hydroxyl groups excluding tert-OH is 1. The van der Waals surface area contributed by atoms with Crippen molar-refractivity contribution in [3.63, 3.8) is 0 Å². The Labute approximate surface area is 171 Å². The molecule has 0 aromatic heterocycles. The molecule has 1 unspecified atom stereocenters. The van der Waals surface area contributed by atoms with Crippen LogP contribution in [0.25, 0.3) is 5.76 Å². The minimum atomic E-state index is -0.664. The van der Waals surface area contributed by atoms with E-state index in [-0.39, 0.29) is 11.3 Å². The second-order valence-corrected chi connectivity index (χ2v) is 7.43. The van der Waals surface area contributed by atoms with E-state index in [1.165, 1.54) is 0 Å². The van der Waals surface area contributed by atoms with E-state index in [9.17, 15) is 14.7 Å². The number of aryl methyl sites for hydroxylation is 1. The van der Waals surface area contributed by atoms with Crippen LogP contribution in [0.2, 0.25) is 0 Å². The third kappa shape index (κ3) is 4.17. The Kier molecular flexibility index (Phi) is 6.03. The minimum Gasteiger partial charge on any atom is -0.507 e. The van der Waals surface area contributed by atoms with Gasteiger partial charge in [0, 0.05) is 18.7 Å². The molecule has 152 valence electrons. The number of amides is 1. The lowest BCUT2D eigenvalue weighted by molar-refractivity contribution is -0.140. The summed E-state index contributed by atoms with van der Waals surface area (Å²) in [6, 6.07) is 13.8. The molecular formula is C23H26N2O4. The van der Waals surface area contributed by atoms with Gasteiger partial charge >= 0.3 is 0 Å². The second-order valence-electron chi connectivity index (χ2n) is 7.43. The highest BCUT2D eigenvalue weighted by atomic mass is 16.5. The lowest BCUT2D eigenvalue weighted by Crippen LogP contribution is -2.35. The first-order chi connectivity index (χ1) is 13.8. The van der Waals surface area contributed by atoms with Crippen molar-refractivity contribution in [1.82, 2.24) is 9.80 Å². The fourth-order valence-corrected chi connectivity index (χ4v) is 3.42. The number of ketones is 1. The summed E-state index contributed by atoms with van der Waals surface area (Å²) in [7, 11) is 5.38. The molecule has 1 amide bonds. The molecule has 6 heteroatoms. The first-order valence-corrected chi connectivity index (χ1v) is 9.47. The van der Waals surface area contributed by atoms with Gasteiger partial charge in [-0.15, -0.1) is 0 Å². The Balaban J connectivity index is 2.11. The molecule has 1 N–H and O–H groups in total. The highest BCUT2D eigenvalue weighted by molar-refractivity contribution is 6.46. The molecule has 1 saturated heterocycles. The van der Waals surface area contributed by atoms with Crippen molar-refractivity contribution in [2.75, 3.05) is 34.3 Å². The average molecular weight is 394 g/mol. The normalized spacial score (nSPS) is 18.5. The van der Waals surface area contributed by atoms with Gasteiger partial charge in [-0.2, -0.15) is 0 Å². The zero-order chi connectivity index (χ0) is 21.1. The van der Waals surface area contributed by atoms with E-state index in [1.807, 2.05) is 50.2 Å². The summed E-state index contributed by atoms with van der Waals surface area (Å²) in [5, 5.41) is 11.0. The summed E-state index contributed by atoms with van der Waals surface area (Å²) < 4.78 is 5.15. The third-order valence-corrected chi connectivity index (χ3v) is 5.08. The maximum atomic E-state index is 12.9. The molecule has 2 aromatic rings. The highest BCUT2D eigenvalue weighted by Crippen LogP contribution is 2.39. The zero-order valence-corrected chi connectivity index (χ0v) is 17.2. The molecule has 1 aliphatic rings. The number of carbonyl (C=O) groups excluding carboxylic acids is 2. The first-order valence-electron chi connectivity index (χ1n) is 9.47. The number of Topliss-reactive ketones (excluding diaryl/α,β-unsaturated/α-hetero) is 1. The molecule has 1 atom stereocenters. The van der Waals surface area contributed by atoms with Gasteiger partial charge in [0.1, 0.15) is 11.5 Å². The van der Waals surface area contributed by atoms with Crippen LogP contribution in [0.15, 0.2) is 54.1 Å². The van der Waals surface area contributed by atoms with Crippen molar-refractivity contribution in [2.24, 2.45) is 0 Å². The topological polar surface area (TPSA) is 70.1 Å². The quantitative estimate of drug-likeness (QED) is 0.463. The summed E-state index contributed by atoms with van der Waals surface area (Å²) in [5.74, 6) is -0.790. The number of carbonyl (C=O) groups is 2. The zero-order valence-electron chi connectivity index (χ0n) is 17.2. The van der Waals surface area contributed by atoms with Crippen LogP contribution in [0.3, 0.4) is 0 Å². The maximum absolute atomic E-state index is 12.9. The maximum Gasteiger partial charge on any atom is 0.295 e. The number of likely N-dealkylation sites (N-methyl/N-ethyl adjacent to an activating group) is 1. The fourth-order valence-electron chi connectivity index (χ4n) is 3.42. The fraction of sp³-hybridized carbons (Fsp3) is 0.304. The molecule has 1 fully saturated rings. The van der Waals surface area contributed by atoms with Crippen LogP contribution in [0, 0.1) is 6.92 Å². The number of hydrogen-bond donors (Lipinski definition) is 1. The van der Waals surface area contributed by atoms with Crippen LogP contribution in [-0.2, 0) is 9.59 Å². The first kappa shape index (κ1) is 20.6. The molecule has 1 aliphatic heterocycles. The molecule has 0 saturated carbocycles. The summed E-state index contributed by atoms with van der Waals surface area (Å²) in [5.41, 5.74) is 2.45. The monoisotopic (exact) mass is 394 g/mol. The van der Waals surface area contributed by atoms with Gasteiger partial charge in [0.25, 0.3) is 11.7 Å². The number of rotatable bonds is 6. The van der Waals surface area contributed by atoms with Gasteiger partial charge in [-0.3, -0.25) is 9.59 Å². The van der Waals surface area contributed by atoms with Crippen molar-refractivity contribution >= 4 is 17.4 Å². The molecule has 0 spiro atoms. The standard InChI is InChI=1S/C23H26N2O4/c1-15-5-7-16(8-6-15)20-19(21(26)17-9-11-18(29-4)12-10-17)22(27)23(28)25(20)14-13-24(2)3/h5-12,20,26H,13-14H2,1-4H3. The lowest BCUT2D eigenvalue weighted by Gasteiger charge is -2.26. The van der Waals surface area contributed by atoms with Gasteiger partial charge < -0.3 is 19.6 Å². The number of nitrogens with zero attached hydrogens (tertiary/aromatic N) is 2. The summed E-state index contributed by atoms with van der Waals surface area (Å²) >= 11 is 0. The Bertz CT molecular complexity index is 930. The van der Waals surface area contributed by atoms with E-state index < -0.39 is 17.7 Å². The van der Waals surface area contributed by atoms with E-state index in [1.54, 1.807) is 36.3 Å². The SMILES string of the molecule is COc1ccc(C(O)=C2C(=O)C(=O)N(CCN(C)C)C2c2ccc(C)cc2)cc1. The van der Waals surface area contributed by atoms with E-state index in [2.05, 4.69) is 0 Å². The summed E-state index contributed by atoms with van der Waals surface area (Å²) in [6.07, 6.45) is 0. The predicted molar refractivity (Wildman–Crippen MR) is 112 cm³/mol. The van der Waals surface area contributed by atoms with Crippen LogP contribution in [-0.4, -0.2) is 60.9 Å². The van der Waals surface area contributed by atoms with E-state index in [0.717, 1.165) is 11.1 Å². The average Bonchev–Trinajstić information content (AvgIpc) is 2.97. The summed E-state index contributed by atoms with van der Waals surface area (Å²) in [6.45, 7) is 2.97. The lowest BCUT2D eigenvalue weighted by atomic mass is 9.94. The van der Waals surface area contributed by atoms with Gasteiger partial charge in [-0.05, 0) is 50.8 Å². The van der Waals surface area contributed by atoms with Crippen LogP contribution >= 0.6 is 0 Å². The minimum absolute atomic E-state index is 0.114. The Hall–Kier alpha value is -3.12. The van der Waals surface area contributed by atoms with Crippen LogP contribution in [0.5, 0.6) is 5.75 Å². The predicted octanol–water partition coefficient (Wildman–Crippen LogP) is 2.99. The van der Waals surface area contributed by atoms with Gasteiger partial charge in [-0.1, -0.05) is 29.8 Å². The Morgan fingerprint density at radius 2 is 1.69 bits per heavy atom. The molecule has 6 nitrogen and oxygen atoms in total. The molecule has 2 aromatic carbocycles. The number of aliphatic hydroxyl groups is 1. The number of methoxy groups -OCH3 is 1. The van der Waals surface area contributed by atoms with E-state index >= 15 is 0 Å². The van der Waals surface area contributed by atoms with Crippen molar-refractivity contribution in [2.45, 2.75) is 13.0 Å². The summed E-state index contributed by atoms with van der Waals surface area (Å²) in [4.78, 5) is 29.2. The molecule has 0 bridgehead atoms. The van der Waals surface area contributed by atoms with Gasteiger partial charge in [0.2, 0.25) is 0 Å². The van der Waals surface area contributed by atoms with Crippen LogP contribution < -0.4 is 4.74 Å². The van der Waals surface area contributed by atoms with Crippen molar-refractivity contribution in [3.8, 4) is 5.75 Å². The van der Waals surface area contributed by atoms with Gasteiger partial charge in [-0.25, -0.2) is 0 Å². The molecule has 0 radical (unpaired) electrons. The van der Waals surface area contributed by atoms with Crippen molar-refractivity contribution in [3.05, 3.63) is 70.8 Å². The van der Waals surface area contributed by atoms with Crippen LogP contribution in [0.1, 0.15) is 22.7 Å². The smallest absolute Gasteiger partial charge is 0.295 e. The largest absolute Gasteiger partial charge is 0.507 e. The molecular weight excluding hydrogens is 368 g/mol. The molecule has 3 rings (SSSR count). The van der Waals surface area contributed by atoms with Crippen molar-refractivity contribution < 1.29 is 19.4 Å². The van der Waals surface area contributed by atoms with E-state index in [0.29, 0.717) is 24.4 Å². The Morgan fingerprint density at radius 1 is 1.07 bits per heavy atom. The highest BCUT2D eigenvalue weighted by Gasteiger charge is 2.45. The second kappa shape index (κ2) is 8.49. The van der Waals surface area contributed by atoms with Crippen molar-refractivity contribution in [1.29, 1.82) is 0 Å². The number of hydrogen-bond acceptors (Lipinski definition) is 5. The molecule has 1 heterocycles. The molecule has 0 aliphatic carbocycles. The third-order valence-electron chi connectivity index (χ3n) is 5.08. The van der Waals surface area contributed by atoms with E-state index in [4.69, 9.17) is 4.74 Å². The van der Waals surface area contributed by atoms with Gasteiger partial charge in [0.15, 0.2) is 0 Å². The number of ether oxygens (including phenoxy) is 1. The number of benzene rings is 2. The number of likely N-dealkylation sites (tertiary alicyclic amines) is 1.